The van der Waals surface area contributed by atoms with E-state index in [1.54, 1.807) is 23.7 Å². The lowest BCUT2D eigenvalue weighted by Gasteiger charge is -1.95. The lowest BCUT2D eigenvalue weighted by atomic mass is 10.2. The largest absolute Gasteiger partial charge is 0.389 e. The fraction of sp³-hybridized carbons (Fsp3) is 0.273. The minimum atomic E-state index is 0.784. The molecule has 0 aromatic carbocycles. The number of aryl methyl sites for hydroxylation is 1. The van der Waals surface area contributed by atoms with Gasteiger partial charge in [-0.15, -0.1) is 11.3 Å². The zero-order valence-electron chi connectivity index (χ0n) is 8.60. The molecule has 2 rings (SSSR count). The average Bonchev–Trinajstić information content (AvgIpc) is 2.61. The Kier molecular flexibility index (Phi) is 2.97. The Balaban J connectivity index is 2.36. The zero-order chi connectivity index (χ0) is 10.7. The first-order chi connectivity index (χ1) is 7.31. The van der Waals surface area contributed by atoms with E-state index in [2.05, 4.69) is 16.9 Å². The summed E-state index contributed by atoms with van der Waals surface area (Å²) in [5, 5.41) is 1.89. The molecule has 15 heavy (non-hydrogen) atoms. The van der Waals surface area contributed by atoms with Gasteiger partial charge < -0.3 is 5.73 Å². The maximum absolute atomic E-state index is 5.93. The minimum absolute atomic E-state index is 0.784. The van der Waals surface area contributed by atoms with Crippen molar-refractivity contribution >= 4 is 16.3 Å². The molecule has 0 saturated carbocycles. The van der Waals surface area contributed by atoms with Crippen LogP contribution in [0.2, 0.25) is 0 Å². The van der Waals surface area contributed by atoms with Gasteiger partial charge in [0.1, 0.15) is 10.7 Å². The molecular formula is C11H13N3S. The molecule has 3 nitrogen and oxygen atoms in total. The van der Waals surface area contributed by atoms with Crippen LogP contribution in [0.3, 0.4) is 0 Å². The Morgan fingerprint density at radius 1 is 1.47 bits per heavy atom. The van der Waals surface area contributed by atoms with Gasteiger partial charge in [0.05, 0.1) is 5.01 Å². The molecule has 0 aliphatic heterocycles. The molecule has 0 spiro atoms. The average molecular weight is 219 g/mol. The molecule has 2 aromatic rings. The van der Waals surface area contributed by atoms with Crippen LogP contribution in [-0.2, 0) is 6.42 Å². The van der Waals surface area contributed by atoms with Crippen molar-refractivity contribution in [2.24, 2.45) is 0 Å². The Hall–Kier alpha value is -1.42. The highest BCUT2D eigenvalue weighted by molar-refractivity contribution is 7.16. The maximum Gasteiger partial charge on any atom is 0.114 e. The summed E-state index contributed by atoms with van der Waals surface area (Å²) in [7, 11) is 0. The SMILES string of the molecule is CCCc1nc(-c2cccnc2)c(N)s1. The molecule has 0 atom stereocenters. The third kappa shape index (κ3) is 2.15. The standard InChI is InChI=1S/C11H13N3S/c1-2-4-9-14-10(11(12)15-9)8-5-3-6-13-7-8/h3,5-7H,2,4,12H2,1H3. The number of aromatic nitrogens is 2. The third-order valence-electron chi connectivity index (χ3n) is 2.10. The van der Waals surface area contributed by atoms with Gasteiger partial charge in [-0.05, 0) is 25.0 Å². The van der Waals surface area contributed by atoms with Crippen LogP contribution in [0.5, 0.6) is 0 Å². The molecule has 0 bridgehead atoms. The highest BCUT2D eigenvalue weighted by atomic mass is 32.1. The summed E-state index contributed by atoms with van der Waals surface area (Å²) in [4.78, 5) is 8.59. The summed E-state index contributed by atoms with van der Waals surface area (Å²) in [6.45, 7) is 2.14. The van der Waals surface area contributed by atoms with E-state index in [0.717, 1.165) is 34.1 Å². The highest BCUT2D eigenvalue weighted by Crippen LogP contribution is 2.30. The smallest absolute Gasteiger partial charge is 0.114 e. The second-order valence-corrected chi connectivity index (χ2v) is 4.43. The summed E-state index contributed by atoms with van der Waals surface area (Å²) in [6.07, 6.45) is 5.63. The number of nitrogens with two attached hydrogens (primary N) is 1. The molecular weight excluding hydrogens is 206 g/mol. The van der Waals surface area contributed by atoms with Gasteiger partial charge in [-0.1, -0.05) is 6.92 Å². The first-order valence-electron chi connectivity index (χ1n) is 4.97. The lowest BCUT2D eigenvalue weighted by Crippen LogP contribution is -1.86. The Bertz CT molecular complexity index is 436. The highest BCUT2D eigenvalue weighted by Gasteiger charge is 2.09. The summed E-state index contributed by atoms with van der Waals surface area (Å²) in [5.41, 5.74) is 7.80. The number of nitrogens with zero attached hydrogens (tertiary/aromatic N) is 2. The van der Waals surface area contributed by atoms with Gasteiger partial charge in [0.15, 0.2) is 0 Å². The molecule has 0 fully saturated rings. The molecule has 0 saturated heterocycles. The van der Waals surface area contributed by atoms with Crippen LogP contribution in [0.1, 0.15) is 18.4 Å². The van der Waals surface area contributed by atoms with Crippen molar-refractivity contribution in [2.75, 3.05) is 5.73 Å². The van der Waals surface area contributed by atoms with Gasteiger partial charge in [0, 0.05) is 18.0 Å². The van der Waals surface area contributed by atoms with E-state index in [-0.39, 0.29) is 0 Å². The Morgan fingerprint density at radius 3 is 3.00 bits per heavy atom. The topological polar surface area (TPSA) is 51.8 Å². The minimum Gasteiger partial charge on any atom is -0.389 e. The van der Waals surface area contributed by atoms with Crippen LogP contribution in [0.4, 0.5) is 5.00 Å². The van der Waals surface area contributed by atoms with Gasteiger partial charge >= 0.3 is 0 Å². The molecule has 0 radical (unpaired) electrons. The van der Waals surface area contributed by atoms with E-state index < -0.39 is 0 Å². The predicted octanol–water partition coefficient (Wildman–Crippen LogP) is 2.74. The van der Waals surface area contributed by atoms with Crippen LogP contribution in [0.15, 0.2) is 24.5 Å². The quantitative estimate of drug-likeness (QED) is 0.863. The van der Waals surface area contributed by atoms with E-state index in [9.17, 15) is 0 Å². The van der Waals surface area contributed by atoms with E-state index in [4.69, 9.17) is 5.73 Å². The van der Waals surface area contributed by atoms with E-state index in [1.165, 1.54) is 0 Å². The number of rotatable bonds is 3. The summed E-state index contributed by atoms with van der Waals surface area (Å²) >= 11 is 1.57. The van der Waals surface area contributed by atoms with Gasteiger partial charge in [-0.2, -0.15) is 0 Å². The van der Waals surface area contributed by atoms with Crippen LogP contribution in [-0.4, -0.2) is 9.97 Å². The molecule has 0 aliphatic rings. The fourth-order valence-electron chi connectivity index (χ4n) is 1.41. The van der Waals surface area contributed by atoms with Gasteiger partial charge in [0.2, 0.25) is 0 Å². The number of hydrogen-bond donors (Lipinski definition) is 1. The second kappa shape index (κ2) is 4.40. The molecule has 4 heteroatoms. The summed E-state index contributed by atoms with van der Waals surface area (Å²) in [6, 6.07) is 3.88. The Labute approximate surface area is 93.0 Å². The van der Waals surface area contributed by atoms with E-state index in [1.807, 2.05) is 12.1 Å². The van der Waals surface area contributed by atoms with Crippen molar-refractivity contribution in [3.63, 3.8) is 0 Å². The van der Waals surface area contributed by atoms with Crippen molar-refractivity contribution in [3.8, 4) is 11.3 Å². The fourth-order valence-corrected chi connectivity index (χ4v) is 2.37. The Morgan fingerprint density at radius 2 is 2.33 bits per heavy atom. The van der Waals surface area contributed by atoms with Crippen LogP contribution in [0.25, 0.3) is 11.3 Å². The first-order valence-corrected chi connectivity index (χ1v) is 5.78. The van der Waals surface area contributed by atoms with Crippen molar-refractivity contribution in [1.82, 2.24) is 9.97 Å². The number of thiazole rings is 1. The molecule has 0 amide bonds. The van der Waals surface area contributed by atoms with Crippen LogP contribution >= 0.6 is 11.3 Å². The maximum atomic E-state index is 5.93. The normalized spacial score (nSPS) is 10.5. The molecule has 0 unspecified atom stereocenters. The van der Waals surface area contributed by atoms with Crippen molar-refractivity contribution in [1.29, 1.82) is 0 Å². The molecule has 2 N–H and O–H groups in total. The van der Waals surface area contributed by atoms with Gasteiger partial charge in [-0.3, -0.25) is 4.98 Å². The summed E-state index contributed by atoms with van der Waals surface area (Å²) in [5.74, 6) is 0. The molecule has 78 valence electrons. The van der Waals surface area contributed by atoms with E-state index in [0.29, 0.717) is 0 Å². The second-order valence-electron chi connectivity index (χ2n) is 3.31. The van der Waals surface area contributed by atoms with Crippen LogP contribution in [0, 0.1) is 0 Å². The number of hydrogen-bond acceptors (Lipinski definition) is 4. The molecule has 0 aliphatic carbocycles. The van der Waals surface area contributed by atoms with Gasteiger partial charge in [0.25, 0.3) is 0 Å². The van der Waals surface area contributed by atoms with Crippen molar-refractivity contribution in [3.05, 3.63) is 29.5 Å². The van der Waals surface area contributed by atoms with Gasteiger partial charge in [-0.25, -0.2) is 4.98 Å². The molecule has 2 aromatic heterocycles. The van der Waals surface area contributed by atoms with E-state index >= 15 is 0 Å². The van der Waals surface area contributed by atoms with Crippen molar-refractivity contribution < 1.29 is 0 Å². The zero-order valence-corrected chi connectivity index (χ0v) is 9.42. The predicted molar refractivity (Wildman–Crippen MR) is 63.8 cm³/mol. The lowest BCUT2D eigenvalue weighted by molar-refractivity contribution is 0.910. The van der Waals surface area contributed by atoms with Crippen molar-refractivity contribution in [2.45, 2.75) is 19.8 Å². The summed E-state index contributed by atoms with van der Waals surface area (Å²) < 4.78 is 0. The monoisotopic (exact) mass is 219 g/mol. The number of anilines is 1. The molecule has 2 heterocycles. The van der Waals surface area contributed by atoms with Crippen LogP contribution < -0.4 is 5.73 Å². The first kappa shape index (κ1) is 10.1. The number of pyridine rings is 1. The third-order valence-corrected chi connectivity index (χ3v) is 3.04. The number of nitrogen functional groups attached to an aromatic ring is 1.